The Labute approximate surface area is 173 Å². The van der Waals surface area contributed by atoms with E-state index in [-0.39, 0.29) is 0 Å². The molecule has 0 aliphatic carbocycles. The monoisotopic (exact) mass is 407 g/mol. The van der Waals surface area contributed by atoms with Gasteiger partial charge in [-0.2, -0.15) is 0 Å². The molecule has 0 radical (unpaired) electrons. The van der Waals surface area contributed by atoms with Crippen molar-refractivity contribution in [3.8, 4) is 0 Å². The van der Waals surface area contributed by atoms with Crippen LogP contribution in [-0.4, -0.2) is 33.6 Å². The van der Waals surface area contributed by atoms with Crippen molar-refractivity contribution in [1.82, 2.24) is 14.4 Å². The van der Waals surface area contributed by atoms with Crippen LogP contribution in [0.3, 0.4) is 0 Å². The summed E-state index contributed by atoms with van der Waals surface area (Å²) in [4.78, 5) is 9.20. The Morgan fingerprint density at radius 1 is 1.24 bits per heavy atom. The van der Waals surface area contributed by atoms with Crippen LogP contribution in [0.15, 0.2) is 48.9 Å². The fraction of sp³-hybridized carbons (Fsp3) is 0.273. The molecule has 1 fully saturated rings. The molecule has 1 atom stereocenters. The van der Waals surface area contributed by atoms with Crippen LogP contribution >= 0.6 is 11.6 Å². The Bertz CT molecular complexity index is 1160. The second-order valence-electron chi connectivity index (χ2n) is 7.39. The molecule has 0 bridgehead atoms. The Hall–Kier alpha value is -2.83. The minimum Gasteiger partial charge on any atom is -0.382 e. The lowest BCUT2D eigenvalue weighted by Crippen LogP contribution is -2.18. The zero-order valence-corrected chi connectivity index (χ0v) is 16.9. The number of halogens is 1. The molecule has 6 nitrogen and oxygen atoms in total. The number of nitrogens with zero attached hydrogens (tertiary/aromatic N) is 3. The number of anilines is 3. The number of nitrogens with one attached hydrogen (secondary N) is 2. The van der Waals surface area contributed by atoms with Gasteiger partial charge in [0.25, 0.3) is 0 Å². The maximum absolute atomic E-state index is 6.40. The summed E-state index contributed by atoms with van der Waals surface area (Å²) in [5, 5.41) is 7.55. The summed E-state index contributed by atoms with van der Waals surface area (Å²) < 4.78 is 7.75. The second-order valence-corrected chi connectivity index (χ2v) is 7.79. The first-order valence-electron chi connectivity index (χ1n) is 9.82. The summed E-state index contributed by atoms with van der Waals surface area (Å²) >= 11 is 6.40. The molecule has 1 saturated heterocycles. The Balaban J connectivity index is 1.51. The van der Waals surface area contributed by atoms with Gasteiger partial charge < -0.3 is 15.4 Å². The largest absolute Gasteiger partial charge is 0.382 e. The molecule has 2 aromatic carbocycles. The van der Waals surface area contributed by atoms with Gasteiger partial charge in [0.1, 0.15) is 5.52 Å². The van der Waals surface area contributed by atoms with Crippen molar-refractivity contribution < 1.29 is 4.74 Å². The summed E-state index contributed by atoms with van der Waals surface area (Å²) in [7, 11) is 0. The number of aryl methyl sites for hydroxylation is 1. The quantitative estimate of drug-likeness (QED) is 0.477. The van der Waals surface area contributed by atoms with E-state index in [4.69, 9.17) is 21.3 Å². The van der Waals surface area contributed by atoms with Crippen molar-refractivity contribution in [3.05, 3.63) is 59.5 Å². The third-order valence-corrected chi connectivity index (χ3v) is 5.69. The zero-order chi connectivity index (χ0) is 19.8. The molecule has 0 spiro atoms. The predicted octanol–water partition coefficient (Wildman–Crippen LogP) is 5.18. The lowest BCUT2D eigenvalue weighted by molar-refractivity contribution is 0.120. The number of ether oxygens (including phenoxy) is 1. The molecule has 29 heavy (non-hydrogen) atoms. The minimum atomic E-state index is 0.294. The molecule has 5 rings (SSSR count). The number of rotatable bonds is 5. The average molecular weight is 408 g/mol. The van der Waals surface area contributed by atoms with Crippen LogP contribution in [0, 0.1) is 6.92 Å². The van der Waals surface area contributed by atoms with Crippen LogP contribution in [0.2, 0.25) is 5.02 Å². The molecule has 0 amide bonds. The highest BCUT2D eigenvalue weighted by Gasteiger charge is 2.16. The number of fused-ring (bicyclic) bond motifs is 3. The Morgan fingerprint density at radius 2 is 2.17 bits per heavy atom. The smallest absolute Gasteiger partial charge is 0.157 e. The fourth-order valence-electron chi connectivity index (χ4n) is 3.80. The predicted molar refractivity (Wildman–Crippen MR) is 117 cm³/mol. The van der Waals surface area contributed by atoms with E-state index in [2.05, 4.69) is 27.8 Å². The first-order valence-corrected chi connectivity index (χ1v) is 10.2. The number of hydrogen-bond donors (Lipinski definition) is 2. The van der Waals surface area contributed by atoms with Crippen molar-refractivity contribution in [2.75, 3.05) is 23.8 Å². The minimum absolute atomic E-state index is 0.294. The molecule has 0 saturated carbocycles. The Morgan fingerprint density at radius 3 is 3.00 bits per heavy atom. The fourth-order valence-corrected chi connectivity index (χ4v) is 4.07. The Kier molecular flexibility index (Phi) is 4.73. The lowest BCUT2D eigenvalue weighted by atomic mass is 10.2. The van der Waals surface area contributed by atoms with Crippen molar-refractivity contribution in [2.45, 2.75) is 25.9 Å². The van der Waals surface area contributed by atoms with E-state index in [1.807, 2.05) is 48.1 Å². The van der Waals surface area contributed by atoms with Crippen molar-refractivity contribution in [3.63, 3.8) is 0 Å². The molecular formula is C22H22ClN5O. The molecule has 1 aliphatic heterocycles. The van der Waals surface area contributed by atoms with Gasteiger partial charge in [-0.05, 0) is 49.6 Å². The van der Waals surface area contributed by atoms with Crippen molar-refractivity contribution in [2.24, 2.45) is 0 Å². The van der Waals surface area contributed by atoms with E-state index in [0.29, 0.717) is 11.1 Å². The number of para-hydroxylation sites is 1. The topological polar surface area (TPSA) is 63.5 Å². The van der Waals surface area contributed by atoms with E-state index in [9.17, 15) is 0 Å². The summed E-state index contributed by atoms with van der Waals surface area (Å²) in [5.41, 5.74) is 5.74. The highest BCUT2D eigenvalue weighted by molar-refractivity contribution is 6.33. The molecule has 1 unspecified atom stereocenters. The first-order chi connectivity index (χ1) is 14.2. The van der Waals surface area contributed by atoms with E-state index in [1.54, 1.807) is 0 Å². The second kappa shape index (κ2) is 7.54. The lowest BCUT2D eigenvalue weighted by Gasteiger charge is -2.15. The third-order valence-electron chi connectivity index (χ3n) is 5.37. The van der Waals surface area contributed by atoms with E-state index < -0.39 is 0 Å². The SMILES string of the molecule is Cc1cccc(Cl)c1Nc1nc2ccc(NCC3CCCO3)cc2n2cncc12. The van der Waals surface area contributed by atoms with Crippen molar-refractivity contribution >= 4 is 45.3 Å². The van der Waals surface area contributed by atoms with Crippen molar-refractivity contribution in [1.29, 1.82) is 0 Å². The van der Waals surface area contributed by atoms with Gasteiger partial charge in [-0.15, -0.1) is 0 Å². The van der Waals surface area contributed by atoms with Gasteiger partial charge in [-0.3, -0.25) is 4.40 Å². The number of imidazole rings is 1. The third kappa shape index (κ3) is 3.50. The maximum atomic E-state index is 6.40. The average Bonchev–Trinajstić information content (AvgIpc) is 3.41. The van der Waals surface area contributed by atoms with Gasteiger partial charge in [0, 0.05) is 18.8 Å². The summed E-state index contributed by atoms with van der Waals surface area (Å²) in [6.07, 6.45) is 6.18. The van der Waals surface area contributed by atoms with E-state index in [1.165, 1.54) is 0 Å². The zero-order valence-electron chi connectivity index (χ0n) is 16.2. The molecule has 2 aromatic heterocycles. The van der Waals surface area contributed by atoms with Gasteiger partial charge >= 0.3 is 0 Å². The standard InChI is InChI=1S/C22H22ClN5O/c1-14-4-2-6-17(23)21(14)27-22-20-12-24-13-28(20)19-10-15(7-8-18(19)26-22)25-11-16-5-3-9-29-16/h2,4,6-8,10,12-13,16,25H,3,5,9,11H2,1H3,(H,26,27). The molecular weight excluding hydrogens is 386 g/mol. The van der Waals surface area contributed by atoms with Crippen LogP contribution in [0.25, 0.3) is 16.6 Å². The number of benzene rings is 2. The summed E-state index contributed by atoms with van der Waals surface area (Å²) in [6, 6.07) is 12.0. The van der Waals surface area contributed by atoms with Gasteiger partial charge in [0.15, 0.2) is 5.82 Å². The van der Waals surface area contributed by atoms with Gasteiger partial charge in [-0.25, -0.2) is 9.97 Å². The normalized spacial score (nSPS) is 16.6. The van der Waals surface area contributed by atoms with Crippen LogP contribution in [0.5, 0.6) is 0 Å². The van der Waals surface area contributed by atoms with Gasteiger partial charge in [-0.1, -0.05) is 23.7 Å². The van der Waals surface area contributed by atoms with Crippen LogP contribution in [0.4, 0.5) is 17.2 Å². The van der Waals surface area contributed by atoms with Gasteiger partial charge in [0.05, 0.1) is 40.4 Å². The molecule has 7 heteroatoms. The molecule has 148 valence electrons. The van der Waals surface area contributed by atoms with E-state index >= 15 is 0 Å². The van der Waals surface area contributed by atoms with Crippen LogP contribution < -0.4 is 10.6 Å². The molecule has 1 aliphatic rings. The highest BCUT2D eigenvalue weighted by atomic mass is 35.5. The molecule has 4 aromatic rings. The number of aromatic nitrogens is 3. The first kappa shape index (κ1) is 18.2. The number of hydrogen-bond acceptors (Lipinski definition) is 5. The van der Waals surface area contributed by atoms with Gasteiger partial charge in [0.2, 0.25) is 0 Å². The summed E-state index contributed by atoms with van der Waals surface area (Å²) in [5.74, 6) is 0.728. The molecule has 3 heterocycles. The maximum Gasteiger partial charge on any atom is 0.157 e. The molecule has 2 N–H and O–H groups in total. The summed E-state index contributed by atoms with van der Waals surface area (Å²) in [6.45, 7) is 3.70. The van der Waals surface area contributed by atoms with Crippen LogP contribution in [0.1, 0.15) is 18.4 Å². The van der Waals surface area contributed by atoms with Crippen LogP contribution in [-0.2, 0) is 4.74 Å². The van der Waals surface area contributed by atoms with E-state index in [0.717, 1.165) is 65.3 Å². The highest BCUT2D eigenvalue weighted by Crippen LogP contribution is 2.31.